The predicted molar refractivity (Wildman–Crippen MR) is 78.2 cm³/mol. The number of hydrogen-bond acceptors (Lipinski definition) is 4. The highest BCUT2D eigenvalue weighted by molar-refractivity contribution is 5.64. The summed E-state index contributed by atoms with van der Waals surface area (Å²) in [6.45, 7) is 3.50. The number of ether oxygens (including phenoxy) is 1. The first-order valence-corrected chi connectivity index (χ1v) is 7.13. The van der Waals surface area contributed by atoms with Gasteiger partial charge in [0, 0.05) is 18.8 Å². The van der Waals surface area contributed by atoms with Crippen molar-refractivity contribution >= 4 is 5.88 Å². The average molecular weight is 273 g/mol. The van der Waals surface area contributed by atoms with Gasteiger partial charge in [0.05, 0.1) is 5.56 Å². The van der Waals surface area contributed by atoms with Crippen LogP contribution in [-0.4, -0.2) is 13.2 Å². The summed E-state index contributed by atoms with van der Waals surface area (Å²) in [6, 6.07) is 5.55. The summed E-state index contributed by atoms with van der Waals surface area (Å²) in [5.41, 5.74) is 8.44. The molecule has 0 unspecified atom stereocenters. The highest BCUT2D eigenvalue weighted by atomic mass is 16.5. The molecule has 1 fully saturated rings. The van der Waals surface area contributed by atoms with E-state index in [1.165, 1.54) is 0 Å². The SMILES string of the molecule is CCc1cc2c(=O)cc(C3CCOCC3)cc-2oc1N. The average Bonchev–Trinajstić information content (AvgIpc) is 2.47. The minimum absolute atomic E-state index is 0.0161. The van der Waals surface area contributed by atoms with Gasteiger partial charge in [0.15, 0.2) is 11.3 Å². The summed E-state index contributed by atoms with van der Waals surface area (Å²) < 4.78 is 11.0. The topological polar surface area (TPSA) is 65.5 Å². The summed E-state index contributed by atoms with van der Waals surface area (Å²) in [5.74, 6) is 1.38. The van der Waals surface area contributed by atoms with E-state index in [0.717, 1.165) is 43.6 Å². The maximum Gasteiger partial charge on any atom is 0.194 e. The molecule has 1 saturated heterocycles. The third-order valence-electron chi connectivity index (χ3n) is 4.06. The van der Waals surface area contributed by atoms with Crippen molar-refractivity contribution in [2.24, 2.45) is 0 Å². The van der Waals surface area contributed by atoms with E-state index in [2.05, 4.69) is 0 Å². The van der Waals surface area contributed by atoms with Crippen molar-refractivity contribution in [1.82, 2.24) is 0 Å². The van der Waals surface area contributed by atoms with Crippen LogP contribution in [0.2, 0.25) is 0 Å². The molecule has 0 saturated carbocycles. The maximum atomic E-state index is 12.3. The first kappa shape index (κ1) is 13.2. The molecule has 4 nitrogen and oxygen atoms in total. The van der Waals surface area contributed by atoms with Gasteiger partial charge in [0.25, 0.3) is 0 Å². The van der Waals surface area contributed by atoms with E-state index in [-0.39, 0.29) is 5.43 Å². The lowest BCUT2D eigenvalue weighted by Crippen LogP contribution is -2.17. The molecule has 4 heteroatoms. The zero-order chi connectivity index (χ0) is 14.1. The second-order valence-corrected chi connectivity index (χ2v) is 5.31. The first-order valence-electron chi connectivity index (χ1n) is 7.13. The molecule has 0 spiro atoms. The fourth-order valence-corrected chi connectivity index (χ4v) is 2.82. The Morgan fingerprint density at radius 3 is 2.70 bits per heavy atom. The van der Waals surface area contributed by atoms with Gasteiger partial charge in [-0.3, -0.25) is 4.79 Å². The first-order chi connectivity index (χ1) is 9.69. The zero-order valence-corrected chi connectivity index (χ0v) is 11.6. The number of aryl methyl sites for hydroxylation is 1. The van der Waals surface area contributed by atoms with Crippen molar-refractivity contribution in [3.8, 4) is 11.3 Å². The molecule has 2 heterocycles. The van der Waals surface area contributed by atoms with Crippen LogP contribution >= 0.6 is 0 Å². The molecule has 0 bridgehead atoms. The Morgan fingerprint density at radius 1 is 1.25 bits per heavy atom. The third kappa shape index (κ3) is 2.31. The lowest BCUT2D eigenvalue weighted by atomic mass is 9.90. The Kier molecular flexibility index (Phi) is 3.49. The monoisotopic (exact) mass is 273 g/mol. The smallest absolute Gasteiger partial charge is 0.194 e. The molecule has 2 N–H and O–H groups in total. The summed E-state index contributed by atoms with van der Waals surface area (Å²) in [4.78, 5) is 12.3. The van der Waals surface area contributed by atoms with Crippen LogP contribution < -0.4 is 11.2 Å². The Hall–Kier alpha value is -1.81. The summed E-state index contributed by atoms with van der Waals surface area (Å²) in [7, 11) is 0. The molecule has 2 aliphatic heterocycles. The van der Waals surface area contributed by atoms with Gasteiger partial charge in [-0.05, 0) is 48.9 Å². The fraction of sp³-hybridized carbons (Fsp3) is 0.438. The summed E-state index contributed by atoms with van der Waals surface area (Å²) >= 11 is 0. The van der Waals surface area contributed by atoms with Crippen LogP contribution in [-0.2, 0) is 11.2 Å². The van der Waals surface area contributed by atoms with Crippen LogP contribution in [0.4, 0.5) is 5.88 Å². The van der Waals surface area contributed by atoms with Crippen molar-refractivity contribution in [2.75, 3.05) is 18.9 Å². The van der Waals surface area contributed by atoms with Gasteiger partial charge in [-0.15, -0.1) is 0 Å². The van der Waals surface area contributed by atoms with Crippen molar-refractivity contribution < 1.29 is 9.15 Å². The van der Waals surface area contributed by atoms with Gasteiger partial charge < -0.3 is 14.9 Å². The maximum absolute atomic E-state index is 12.3. The molecular formula is C16H19NO3. The second kappa shape index (κ2) is 5.29. The van der Waals surface area contributed by atoms with E-state index in [1.54, 1.807) is 6.07 Å². The number of nitrogen functional groups attached to an aromatic ring is 1. The minimum atomic E-state index is 0.0161. The van der Waals surface area contributed by atoms with E-state index in [0.29, 0.717) is 23.1 Å². The van der Waals surface area contributed by atoms with Crippen LogP contribution in [0, 0.1) is 0 Å². The molecule has 0 atom stereocenters. The molecule has 106 valence electrons. The molecule has 20 heavy (non-hydrogen) atoms. The number of fused-ring (bicyclic) bond motifs is 1. The Bertz CT molecular complexity index is 641. The molecular weight excluding hydrogens is 254 g/mol. The molecule has 0 radical (unpaired) electrons. The number of rotatable bonds is 2. The summed E-state index contributed by atoms with van der Waals surface area (Å²) in [6.07, 6.45) is 2.66. The number of nitrogens with two attached hydrogens (primary N) is 1. The molecule has 3 aliphatic rings. The molecule has 0 aromatic rings. The fourth-order valence-electron chi connectivity index (χ4n) is 2.82. The number of hydrogen-bond donors (Lipinski definition) is 1. The molecule has 0 aromatic heterocycles. The van der Waals surface area contributed by atoms with Crippen molar-refractivity contribution in [3.63, 3.8) is 0 Å². The molecule has 3 rings (SSSR count). The Morgan fingerprint density at radius 2 is 2.00 bits per heavy atom. The van der Waals surface area contributed by atoms with Crippen LogP contribution in [0.1, 0.15) is 36.8 Å². The van der Waals surface area contributed by atoms with E-state index in [9.17, 15) is 4.79 Å². The largest absolute Gasteiger partial charge is 0.441 e. The third-order valence-corrected chi connectivity index (χ3v) is 4.06. The highest BCUT2D eigenvalue weighted by Crippen LogP contribution is 2.31. The van der Waals surface area contributed by atoms with Gasteiger partial charge in [-0.2, -0.15) is 0 Å². The lowest BCUT2D eigenvalue weighted by molar-refractivity contribution is 0.0853. The minimum Gasteiger partial charge on any atom is -0.441 e. The van der Waals surface area contributed by atoms with Gasteiger partial charge >= 0.3 is 0 Å². The molecule has 0 amide bonds. The van der Waals surface area contributed by atoms with Gasteiger partial charge in [-0.1, -0.05) is 6.92 Å². The lowest BCUT2D eigenvalue weighted by Gasteiger charge is -2.23. The van der Waals surface area contributed by atoms with Crippen LogP contribution in [0.15, 0.2) is 27.4 Å². The van der Waals surface area contributed by atoms with Gasteiger partial charge in [0.2, 0.25) is 0 Å². The van der Waals surface area contributed by atoms with Crippen LogP contribution in [0.3, 0.4) is 0 Å². The highest BCUT2D eigenvalue weighted by Gasteiger charge is 2.20. The Balaban J connectivity index is 2.09. The molecule has 1 aliphatic carbocycles. The molecule has 0 aromatic carbocycles. The predicted octanol–water partition coefficient (Wildman–Crippen LogP) is 2.78. The zero-order valence-electron chi connectivity index (χ0n) is 11.6. The van der Waals surface area contributed by atoms with E-state index in [4.69, 9.17) is 14.9 Å². The van der Waals surface area contributed by atoms with E-state index in [1.807, 2.05) is 19.1 Å². The standard InChI is InChI=1S/C16H19NO3/c1-2-10-7-13-14(18)8-12(9-15(13)20-16(10)17)11-3-5-19-6-4-11/h7-9,11H,2-6,17H2,1H3. The van der Waals surface area contributed by atoms with Gasteiger partial charge in [-0.25, -0.2) is 0 Å². The van der Waals surface area contributed by atoms with Crippen molar-refractivity contribution in [1.29, 1.82) is 0 Å². The second-order valence-electron chi connectivity index (χ2n) is 5.31. The van der Waals surface area contributed by atoms with E-state index >= 15 is 0 Å². The number of anilines is 1. The normalized spacial score (nSPS) is 16.6. The van der Waals surface area contributed by atoms with Gasteiger partial charge in [0.1, 0.15) is 5.76 Å². The van der Waals surface area contributed by atoms with E-state index < -0.39 is 0 Å². The van der Waals surface area contributed by atoms with Crippen molar-refractivity contribution in [3.05, 3.63) is 39.5 Å². The van der Waals surface area contributed by atoms with Crippen molar-refractivity contribution in [2.45, 2.75) is 32.1 Å². The Labute approximate surface area is 117 Å². The van der Waals surface area contributed by atoms with Crippen LogP contribution in [0.5, 0.6) is 0 Å². The van der Waals surface area contributed by atoms with Crippen LogP contribution in [0.25, 0.3) is 11.3 Å². The number of benzene rings is 1. The quantitative estimate of drug-likeness (QED) is 0.913. The summed E-state index contributed by atoms with van der Waals surface area (Å²) in [5, 5.41) is 0.